The van der Waals surface area contributed by atoms with Crippen molar-refractivity contribution < 1.29 is 19.7 Å². The van der Waals surface area contributed by atoms with E-state index in [9.17, 15) is 14.9 Å². The summed E-state index contributed by atoms with van der Waals surface area (Å²) in [6.07, 6.45) is 3.46. The Balaban J connectivity index is 1.76. The first-order chi connectivity index (χ1) is 16.1. The first kappa shape index (κ1) is 22.2. The molecule has 3 aromatic carbocycles. The lowest BCUT2D eigenvalue weighted by atomic mass is 10.0. The van der Waals surface area contributed by atoms with Crippen LogP contribution in [-0.4, -0.2) is 29.1 Å². The van der Waals surface area contributed by atoms with E-state index in [-0.39, 0.29) is 30.1 Å². The molecule has 1 amide bonds. The van der Waals surface area contributed by atoms with Gasteiger partial charge >= 0.3 is 0 Å². The second-order valence-electron chi connectivity index (χ2n) is 7.44. The van der Waals surface area contributed by atoms with E-state index in [2.05, 4.69) is 5.32 Å². The summed E-state index contributed by atoms with van der Waals surface area (Å²) in [5.74, 6) is -0.500. The van der Waals surface area contributed by atoms with E-state index in [0.717, 1.165) is 11.1 Å². The van der Waals surface area contributed by atoms with Crippen LogP contribution < -0.4 is 10.4 Å². The Morgan fingerprint density at radius 2 is 1.67 bits per heavy atom. The summed E-state index contributed by atoms with van der Waals surface area (Å²) in [5, 5.41) is 24.9. The molecule has 0 saturated carbocycles. The van der Waals surface area contributed by atoms with Crippen LogP contribution in [0.3, 0.4) is 0 Å². The summed E-state index contributed by atoms with van der Waals surface area (Å²) in [5.41, 5.74) is 1.92. The maximum absolute atomic E-state index is 12.3. The number of nitro benzene ring substituents is 1. The standard InChI is InChI=1S/C25H23N3O5/c29-16-15-26-25(30)20-11-12-22(23(17-20)28(31)32)27-21(18-7-3-1-4-8-18)13-14-24(33-27)19-9-5-2-6-10-19/h1-14,17,21,24,29H,15-16H2,(H,26,30). The third-order valence-electron chi connectivity index (χ3n) is 5.29. The highest BCUT2D eigenvalue weighted by atomic mass is 16.7. The molecule has 1 aliphatic heterocycles. The number of hydrogen-bond acceptors (Lipinski definition) is 6. The van der Waals surface area contributed by atoms with Crippen LogP contribution in [-0.2, 0) is 4.84 Å². The van der Waals surface area contributed by atoms with Crippen LogP contribution in [0.15, 0.2) is 91.0 Å². The Morgan fingerprint density at radius 3 is 2.30 bits per heavy atom. The van der Waals surface area contributed by atoms with Gasteiger partial charge in [-0.1, -0.05) is 72.8 Å². The molecule has 0 spiro atoms. The molecule has 8 nitrogen and oxygen atoms in total. The number of benzene rings is 3. The monoisotopic (exact) mass is 445 g/mol. The topological polar surface area (TPSA) is 105 Å². The van der Waals surface area contributed by atoms with E-state index < -0.39 is 23.0 Å². The van der Waals surface area contributed by atoms with Crippen molar-refractivity contribution in [2.24, 2.45) is 0 Å². The largest absolute Gasteiger partial charge is 0.395 e. The van der Waals surface area contributed by atoms with Crippen LogP contribution in [0.2, 0.25) is 0 Å². The molecular weight excluding hydrogens is 422 g/mol. The smallest absolute Gasteiger partial charge is 0.295 e. The van der Waals surface area contributed by atoms with E-state index in [4.69, 9.17) is 9.94 Å². The number of nitrogens with zero attached hydrogens (tertiary/aromatic N) is 2. The highest BCUT2D eigenvalue weighted by molar-refractivity contribution is 5.95. The molecule has 33 heavy (non-hydrogen) atoms. The molecule has 0 saturated heterocycles. The van der Waals surface area contributed by atoms with E-state index in [1.165, 1.54) is 23.3 Å². The second kappa shape index (κ2) is 10.1. The van der Waals surface area contributed by atoms with E-state index in [0.29, 0.717) is 0 Å². The van der Waals surface area contributed by atoms with Gasteiger partial charge in [-0.25, -0.2) is 5.06 Å². The van der Waals surface area contributed by atoms with Crippen LogP contribution in [0.1, 0.15) is 33.6 Å². The molecule has 4 rings (SSSR count). The van der Waals surface area contributed by atoms with Crippen LogP contribution in [0.4, 0.5) is 11.4 Å². The van der Waals surface area contributed by atoms with E-state index in [1.54, 1.807) is 0 Å². The van der Waals surface area contributed by atoms with Crippen molar-refractivity contribution in [2.75, 3.05) is 18.2 Å². The fraction of sp³-hybridized carbons (Fsp3) is 0.160. The van der Waals surface area contributed by atoms with Gasteiger partial charge in [0.2, 0.25) is 0 Å². The van der Waals surface area contributed by atoms with Crippen LogP contribution >= 0.6 is 0 Å². The minimum atomic E-state index is -0.528. The quantitative estimate of drug-likeness (QED) is 0.322. The highest BCUT2D eigenvalue weighted by Crippen LogP contribution is 2.41. The number of rotatable bonds is 7. The highest BCUT2D eigenvalue weighted by Gasteiger charge is 2.32. The zero-order valence-electron chi connectivity index (χ0n) is 17.7. The zero-order chi connectivity index (χ0) is 23.2. The Kier molecular flexibility index (Phi) is 6.77. The summed E-state index contributed by atoms with van der Waals surface area (Å²) in [6, 6.07) is 23.0. The van der Waals surface area contributed by atoms with Crippen molar-refractivity contribution >= 4 is 17.3 Å². The fourth-order valence-electron chi connectivity index (χ4n) is 3.69. The summed E-state index contributed by atoms with van der Waals surface area (Å²) in [6.45, 7) is -0.164. The lowest BCUT2D eigenvalue weighted by Gasteiger charge is -2.36. The number of hydroxylamine groups is 1. The van der Waals surface area contributed by atoms with Crippen LogP contribution in [0.5, 0.6) is 0 Å². The first-order valence-electron chi connectivity index (χ1n) is 10.5. The molecule has 2 atom stereocenters. The predicted molar refractivity (Wildman–Crippen MR) is 124 cm³/mol. The molecular formula is C25H23N3O5. The Bertz CT molecular complexity index is 1150. The van der Waals surface area contributed by atoms with Crippen molar-refractivity contribution in [3.8, 4) is 0 Å². The summed E-state index contributed by atoms with van der Waals surface area (Å²) >= 11 is 0. The number of nitro groups is 1. The van der Waals surface area contributed by atoms with Gasteiger partial charge in [-0.05, 0) is 23.3 Å². The maximum atomic E-state index is 12.3. The SMILES string of the molecule is O=C(NCCO)c1ccc(N2OC(c3ccccc3)C=CC2c2ccccc2)c([N+](=O)[O-])c1. The van der Waals surface area contributed by atoms with Crippen molar-refractivity contribution in [1.82, 2.24) is 5.32 Å². The molecule has 1 aliphatic rings. The fourth-order valence-corrected chi connectivity index (χ4v) is 3.69. The van der Waals surface area contributed by atoms with Gasteiger partial charge < -0.3 is 10.4 Å². The number of carbonyl (C=O) groups is 1. The number of nitrogens with one attached hydrogen (secondary N) is 1. The zero-order valence-corrected chi connectivity index (χ0v) is 17.7. The summed E-state index contributed by atoms with van der Waals surface area (Å²) < 4.78 is 0. The second-order valence-corrected chi connectivity index (χ2v) is 7.44. The molecule has 3 aromatic rings. The van der Waals surface area contributed by atoms with Gasteiger partial charge in [0.05, 0.1) is 11.5 Å². The Hall–Kier alpha value is -4.01. The minimum Gasteiger partial charge on any atom is -0.395 e. The molecule has 2 N–H and O–H groups in total. The molecule has 0 aliphatic carbocycles. The molecule has 0 aromatic heterocycles. The number of amides is 1. The van der Waals surface area contributed by atoms with Crippen LogP contribution in [0.25, 0.3) is 0 Å². The summed E-state index contributed by atoms with van der Waals surface area (Å²) in [4.78, 5) is 30.0. The first-order valence-corrected chi connectivity index (χ1v) is 10.5. The summed E-state index contributed by atoms with van der Waals surface area (Å²) in [7, 11) is 0. The van der Waals surface area contributed by atoms with Crippen molar-refractivity contribution in [3.63, 3.8) is 0 Å². The third kappa shape index (κ3) is 4.92. The molecule has 0 bridgehead atoms. The number of aliphatic hydroxyl groups is 1. The van der Waals surface area contributed by atoms with Gasteiger partial charge in [0, 0.05) is 18.2 Å². The van der Waals surface area contributed by atoms with Crippen LogP contribution in [0, 0.1) is 10.1 Å². The van der Waals surface area contributed by atoms with E-state index in [1.807, 2.05) is 72.8 Å². The van der Waals surface area contributed by atoms with Gasteiger partial charge in [-0.15, -0.1) is 0 Å². The lowest BCUT2D eigenvalue weighted by molar-refractivity contribution is -0.384. The van der Waals surface area contributed by atoms with Crippen molar-refractivity contribution in [3.05, 3.63) is 118 Å². The Morgan fingerprint density at radius 1 is 1.00 bits per heavy atom. The molecule has 168 valence electrons. The minimum absolute atomic E-state index is 0.0588. The number of hydrogen-bond donors (Lipinski definition) is 2. The molecule has 2 unspecified atom stereocenters. The average Bonchev–Trinajstić information content (AvgIpc) is 2.87. The normalized spacial score (nSPS) is 17.5. The van der Waals surface area contributed by atoms with Gasteiger partial charge in [0.25, 0.3) is 11.6 Å². The number of carbonyl (C=O) groups excluding carboxylic acids is 1. The van der Waals surface area contributed by atoms with Gasteiger partial charge in [-0.2, -0.15) is 0 Å². The third-order valence-corrected chi connectivity index (χ3v) is 5.29. The molecule has 1 heterocycles. The van der Waals surface area contributed by atoms with Gasteiger partial charge in [0.1, 0.15) is 17.8 Å². The number of aliphatic hydroxyl groups excluding tert-OH is 1. The van der Waals surface area contributed by atoms with Crippen molar-refractivity contribution in [1.29, 1.82) is 0 Å². The number of anilines is 1. The average molecular weight is 445 g/mol. The Labute approximate surface area is 190 Å². The van der Waals surface area contributed by atoms with E-state index >= 15 is 0 Å². The predicted octanol–water partition coefficient (Wildman–Crippen LogP) is 4.11. The van der Waals surface area contributed by atoms with Gasteiger partial charge in [-0.3, -0.25) is 19.7 Å². The molecule has 8 heteroatoms. The maximum Gasteiger partial charge on any atom is 0.295 e. The molecule has 0 fully saturated rings. The molecule has 0 radical (unpaired) electrons. The lowest BCUT2D eigenvalue weighted by Crippen LogP contribution is -2.33. The van der Waals surface area contributed by atoms with Gasteiger partial charge in [0.15, 0.2) is 0 Å². The van der Waals surface area contributed by atoms with Crippen molar-refractivity contribution in [2.45, 2.75) is 12.1 Å².